The van der Waals surface area contributed by atoms with Gasteiger partial charge in [0.15, 0.2) is 0 Å². The molecule has 0 aliphatic carbocycles. The topological polar surface area (TPSA) is 55.2 Å². The van der Waals surface area contributed by atoms with Gasteiger partial charge in [-0.05, 0) is 43.9 Å². The molecule has 0 aliphatic heterocycles. The molecule has 2 aromatic rings. The Morgan fingerprint density at radius 1 is 1.41 bits per heavy atom. The quantitative estimate of drug-likeness (QED) is 0.595. The SMILES string of the molecule is C=CCOc1ncc2cc(/C=C/CCCC(C)O)ccc2n1. The molecule has 1 aromatic heterocycles. The summed E-state index contributed by atoms with van der Waals surface area (Å²) in [6.45, 7) is 5.82. The van der Waals surface area contributed by atoms with Gasteiger partial charge in [0.25, 0.3) is 0 Å². The number of aliphatic hydroxyl groups excluding tert-OH is 1. The van der Waals surface area contributed by atoms with Gasteiger partial charge < -0.3 is 9.84 Å². The number of ether oxygens (including phenoxy) is 1. The minimum absolute atomic E-state index is 0.219. The van der Waals surface area contributed by atoms with E-state index in [1.54, 1.807) is 12.3 Å². The molecule has 1 heterocycles. The third kappa shape index (κ3) is 4.97. The second kappa shape index (κ2) is 8.29. The molecular weight excluding hydrogens is 276 g/mol. The maximum absolute atomic E-state index is 9.21. The number of unbranched alkanes of at least 4 members (excludes halogenated alkanes) is 1. The van der Waals surface area contributed by atoms with E-state index in [0.29, 0.717) is 12.6 Å². The third-order valence-electron chi connectivity index (χ3n) is 3.22. The van der Waals surface area contributed by atoms with E-state index in [4.69, 9.17) is 4.74 Å². The largest absolute Gasteiger partial charge is 0.459 e. The van der Waals surface area contributed by atoms with E-state index in [1.165, 1.54) is 0 Å². The van der Waals surface area contributed by atoms with Crippen molar-refractivity contribution < 1.29 is 9.84 Å². The van der Waals surface area contributed by atoms with Crippen LogP contribution in [0, 0.1) is 0 Å². The number of benzene rings is 1. The number of aliphatic hydroxyl groups is 1. The summed E-state index contributed by atoms with van der Waals surface area (Å²) in [4.78, 5) is 8.53. The van der Waals surface area contributed by atoms with Gasteiger partial charge >= 0.3 is 6.01 Å². The van der Waals surface area contributed by atoms with Gasteiger partial charge in [0.1, 0.15) is 6.61 Å². The summed E-state index contributed by atoms with van der Waals surface area (Å²) in [6.07, 6.45) is 10.2. The first-order valence-corrected chi connectivity index (χ1v) is 7.54. The van der Waals surface area contributed by atoms with Crippen molar-refractivity contribution in [2.24, 2.45) is 0 Å². The van der Waals surface area contributed by atoms with E-state index in [9.17, 15) is 5.11 Å². The lowest BCUT2D eigenvalue weighted by atomic mass is 10.1. The van der Waals surface area contributed by atoms with E-state index >= 15 is 0 Å². The summed E-state index contributed by atoms with van der Waals surface area (Å²) < 4.78 is 5.33. The highest BCUT2D eigenvalue weighted by molar-refractivity contribution is 5.80. The predicted molar refractivity (Wildman–Crippen MR) is 89.8 cm³/mol. The van der Waals surface area contributed by atoms with Crippen LogP contribution in [0.3, 0.4) is 0 Å². The van der Waals surface area contributed by atoms with Crippen LogP contribution in [0.15, 0.2) is 43.1 Å². The van der Waals surface area contributed by atoms with Crippen LogP contribution in [0.2, 0.25) is 0 Å². The van der Waals surface area contributed by atoms with Crippen molar-refractivity contribution in [2.75, 3.05) is 6.61 Å². The molecule has 4 nitrogen and oxygen atoms in total. The van der Waals surface area contributed by atoms with E-state index < -0.39 is 0 Å². The van der Waals surface area contributed by atoms with Gasteiger partial charge in [-0.3, -0.25) is 0 Å². The average molecular weight is 298 g/mol. The maximum atomic E-state index is 9.21. The first-order valence-electron chi connectivity index (χ1n) is 7.54. The van der Waals surface area contributed by atoms with E-state index in [-0.39, 0.29) is 6.10 Å². The Morgan fingerprint density at radius 2 is 2.27 bits per heavy atom. The maximum Gasteiger partial charge on any atom is 0.317 e. The van der Waals surface area contributed by atoms with Crippen LogP contribution >= 0.6 is 0 Å². The number of hydrogen-bond donors (Lipinski definition) is 1. The van der Waals surface area contributed by atoms with Crippen LogP contribution in [0.5, 0.6) is 6.01 Å². The van der Waals surface area contributed by atoms with Crippen molar-refractivity contribution in [1.82, 2.24) is 9.97 Å². The van der Waals surface area contributed by atoms with Crippen molar-refractivity contribution in [3.63, 3.8) is 0 Å². The molecule has 0 fully saturated rings. The zero-order valence-electron chi connectivity index (χ0n) is 12.9. The number of allylic oxidation sites excluding steroid dienone is 1. The van der Waals surface area contributed by atoms with Gasteiger partial charge in [-0.1, -0.05) is 30.9 Å². The normalized spacial score (nSPS) is 12.6. The molecule has 4 heteroatoms. The van der Waals surface area contributed by atoms with Crippen LogP contribution in [0.1, 0.15) is 31.7 Å². The number of hydrogen-bond acceptors (Lipinski definition) is 4. The van der Waals surface area contributed by atoms with Gasteiger partial charge in [0, 0.05) is 11.6 Å². The molecule has 0 saturated carbocycles. The molecule has 1 unspecified atom stereocenters. The fourth-order valence-electron chi connectivity index (χ4n) is 2.09. The van der Waals surface area contributed by atoms with Crippen molar-refractivity contribution in [1.29, 1.82) is 0 Å². The molecule has 1 atom stereocenters. The monoisotopic (exact) mass is 298 g/mol. The lowest BCUT2D eigenvalue weighted by molar-refractivity contribution is 0.182. The van der Waals surface area contributed by atoms with Gasteiger partial charge in [-0.2, -0.15) is 4.98 Å². The van der Waals surface area contributed by atoms with Gasteiger partial charge in [0.2, 0.25) is 0 Å². The van der Waals surface area contributed by atoms with E-state index in [1.807, 2.05) is 19.1 Å². The lowest BCUT2D eigenvalue weighted by Crippen LogP contribution is -1.98. The number of rotatable bonds is 8. The highest BCUT2D eigenvalue weighted by Gasteiger charge is 2.01. The Hall–Kier alpha value is -2.20. The molecule has 22 heavy (non-hydrogen) atoms. The Morgan fingerprint density at radius 3 is 3.05 bits per heavy atom. The third-order valence-corrected chi connectivity index (χ3v) is 3.22. The van der Waals surface area contributed by atoms with Crippen molar-refractivity contribution >= 4 is 17.0 Å². The van der Waals surface area contributed by atoms with Crippen LogP contribution in [-0.4, -0.2) is 27.8 Å². The molecule has 0 amide bonds. The fourth-order valence-corrected chi connectivity index (χ4v) is 2.09. The molecule has 0 spiro atoms. The minimum Gasteiger partial charge on any atom is -0.459 e. The summed E-state index contributed by atoms with van der Waals surface area (Å²) >= 11 is 0. The molecule has 116 valence electrons. The number of aromatic nitrogens is 2. The van der Waals surface area contributed by atoms with Gasteiger partial charge in [0.05, 0.1) is 11.6 Å². The molecule has 0 saturated heterocycles. The fraction of sp³-hybridized carbons (Fsp3) is 0.333. The zero-order valence-corrected chi connectivity index (χ0v) is 12.9. The summed E-state index contributed by atoms with van der Waals surface area (Å²) in [5.74, 6) is 0. The molecule has 0 aliphatic rings. The molecule has 0 radical (unpaired) electrons. The van der Waals surface area contributed by atoms with E-state index in [0.717, 1.165) is 35.7 Å². The lowest BCUT2D eigenvalue weighted by Gasteiger charge is -2.03. The standard InChI is InChI=1S/C18H22N2O2/c1-3-11-22-18-19-13-16-12-15(9-10-17(16)20-18)8-6-4-5-7-14(2)21/h3,6,8-10,12-14,21H,1,4-5,7,11H2,2H3/b8-6+. The van der Waals surface area contributed by atoms with Crippen molar-refractivity contribution in [3.8, 4) is 6.01 Å². The highest BCUT2D eigenvalue weighted by Crippen LogP contribution is 2.17. The first kappa shape index (κ1) is 16.2. The summed E-state index contributed by atoms with van der Waals surface area (Å²) in [7, 11) is 0. The summed E-state index contributed by atoms with van der Waals surface area (Å²) in [5, 5.41) is 10.2. The summed E-state index contributed by atoms with van der Waals surface area (Å²) in [6, 6.07) is 6.41. The van der Waals surface area contributed by atoms with Crippen LogP contribution < -0.4 is 4.74 Å². The van der Waals surface area contributed by atoms with Crippen molar-refractivity contribution in [2.45, 2.75) is 32.3 Å². The minimum atomic E-state index is -0.219. The zero-order chi connectivity index (χ0) is 15.8. The van der Waals surface area contributed by atoms with Crippen LogP contribution in [-0.2, 0) is 0 Å². The highest BCUT2D eigenvalue weighted by atomic mass is 16.5. The second-order valence-corrected chi connectivity index (χ2v) is 5.25. The number of fused-ring (bicyclic) bond motifs is 1. The Bertz CT molecular complexity index is 651. The average Bonchev–Trinajstić information content (AvgIpc) is 2.52. The molecular formula is C18H22N2O2. The Labute approximate surface area is 131 Å². The Balaban J connectivity index is 2.01. The number of nitrogens with zero attached hydrogens (tertiary/aromatic N) is 2. The van der Waals surface area contributed by atoms with Crippen LogP contribution in [0.25, 0.3) is 17.0 Å². The van der Waals surface area contributed by atoms with E-state index in [2.05, 4.69) is 34.8 Å². The molecule has 1 N–H and O–H groups in total. The molecule has 1 aromatic carbocycles. The molecule has 2 rings (SSSR count). The van der Waals surface area contributed by atoms with Gasteiger partial charge in [-0.15, -0.1) is 0 Å². The Kier molecular flexibility index (Phi) is 6.10. The predicted octanol–water partition coefficient (Wildman–Crippen LogP) is 3.76. The second-order valence-electron chi connectivity index (χ2n) is 5.25. The molecule has 0 bridgehead atoms. The summed E-state index contributed by atoms with van der Waals surface area (Å²) in [5.41, 5.74) is 1.98. The van der Waals surface area contributed by atoms with Gasteiger partial charge in [-0.25, -0.2) is 4.98 Å². The van der Waals surface area contributed by atoms with Crippen LogP contribution in [0.4, 0.5) is 0 Å². The smallest absolute Gasteiger partial charge is 0.317 e. The van der Waals surface area contributed by atoms with Crippen molar-refractivity contribution in [3.05, 3.63) is 48.7 Å². The first-order chi connectivity index (χ1) is 10.7.